The number of ether oxygens (including phenoxy) is 2. The molecule has 0 bridgehead atoms. The van der Waals surface area contributed by atoms with Gasteiger partial charge >= 0.3 is 0 Å². The maximum Gasteiger partial charge on any atom is 0.191 e. The van der Waals surface area contributed by atoms with Crippen LogP contribution in [-0.2, 0) is 9.47 Å². The molecule has 0 aromatic heterocycles. The lowest BCUT2D eigenvalue weighted by molar-refractivity contribution is -0.0855. The van der Waals surface area contributed by atoms with Gasteiger partial charge in [0.1, 0.15) is 0 Å². The van der Waals surface area contributed by atoms with Gasteiger partial charge in [0.15, 0.2) is 5.96 Å². The number of halogens is 1. The Morgan fingerprint density at radius 3 is 2.44 bits per heavy atom. The Morgan fingerprint density at radius 1 is 1.39 bits per heavy atom. The molecule has 0 radical (unpaired) electrons. The number of aliphatic imine (C=N–C) groups is 1. The standard InChI is InChI=1S/C12H25N3O2.HI/c1-10(2)15-11(13-3)14-9-12(16-4)5-7-17-8-6-12;/h10H,5-9H2,1-4H3,(H2,13,14,15);1H. The van der Waals surface area contributed by atoms with Gasteiger partial charge in [0.25, 0.3) is 0 Å². The van der Waals surface area contributed by atoms with Gasteiger partial charge in [-0.2, -0.15) is 0 Å². The molecule has 0 aromatic carbocycles. The number of methoxy groups -OCH3 is 1. The first-order valence-corrected chi connectivity index (χ1v) is 6.22. The van der Waals surface area contributed by atoms with E-state index in [2.05, 4.69) is 29.5 Å². The van der Waals surface area contributed by atoms with Gasteiger partial charge in [-0.3, -0.25) is 4.99 Å². The largest absolute Gasteiger partial charge is 0.381 e. The molecule has 1 aliphatic heterocycles. The molecule has 108 valence electrons. The van der Waals surface area contributed by atoms with Crippen LogP contribution in [0.3, 0.4) is 0 Å². The fourth-order valence-electron chi connectivity index (χ4n) is 1.91. The van der Waals surface area contributed by atoms with Crippen LogP contribution in [0.4, 0.5) is 0 Å². The predicted octanol–water partition coefficient (Wildman–Crippen LogP) is 1.37. The molecular formula is C12H26IN3O2. The van der Waals surface area contributed by atoms with E-state index < -0.39 is 0 Å². The first-order valence-electron chi connectivity index (χ1n) is 6.22. The predicted molar refractivity (Wildman–Crippen MR) is 84.8 cm³/mol. The van der Waals surface area contributed by atoms with Crippen LogP contribution in [0.2, 0.25) is 0 Å². The molecule has 5 nitrogen and oxygen atoms in total. The van der Waals surface area contributed by atoms with E-state index in [1.54, 1.807) is 14.2 Å². The second kappa shape index (κ2) is 8.92. The van der Waals surface area contributed by atoms with Gasteiger partial charge in [-0.15, -0.1) is 24.0 Å². The molecule has 0 spiro atoms. The van der Waals surface area contributed by atoms with Crippen LogP contribution >= 0.6 is 24.0 Å². The Balaban J connectivity index is 0.00000289. The normalized spacial score (nSPS) is 19.3. The lowest BCUT2D eigenvalue weighted by atomic mass is 9.94. The highest BCUT2D eigenvalue weighted by molar-refractivity contribution is 14.0. The summed E-state index contributed by atoms with van der Waals surface area (Å²) in [6.45, 7) is 6.48. The first kappa shape index (κ1) is 17.9. The smallest absolute Gasteiger partial charge is 0.191 e. The summed E-state index contributed by atoms with van der Waals surface area (Å²) >= 11 is 0. The molecule has 1 heterocycles. The minimum atomic E-state index is -0.118. The molecule has 0 aromatic rings. The van der Waals surface area contributed by atoms with Gasteiger partial charge in [-0.05, 0) is 13.8 Å². The van der Waals surface area contributed by atoms with E-state index in [1.165, 1.54) is 0 Å². The van der Waals surface area contributed by atoms with E-state index in [0.717, 1.165) is 38.6 Å². The monoisotopic (exact) mass is 371 g/mol. The van der Waals surface area contributed by atoms with Crippen molar-refractivity contribution in [1.29, 1.82) is 0 Å². The molecule has 1 fully saturated rings. The van der Waals surface area contributed by atoms with E-state index in [0.29, 0.717) is 6.04 Å². The summed E-state index contributed by atoms with van der Waals surface area (Å²) in [6.07, 6.45) is 1.85. The Hall–Kier alpha value is -0.0800. The first-order chi connectivity index (χ1) is 8.12. The number of guanidine groups is 1. The molecule has 2 N–H and O–H groups in total. The molecule has 0 amide bonds. The van der Waals surface area contributed by atoms with Gasteiger partial charge in [-0.25, -0.2) is 0 Å². The molecule has 1 saturated heterocycles. The summed E-state index contributed by atoms with van der Waals surface area (Å²) in [5.74, 6) is 0.822. The summed E-state index contributed by atoms with van der Waals surface area (Å²) in [5.41, 5.74) is -0.118. The third kappa shape index (κ3) is 5.71. The average Bonchev–Trinajstić information content (AvgIpc) is 2.35. The van der Waals surface area contributed by atoms with Crippen molar-refractivity contribution in [2.75, 3.05) is 33.9 Å². The van der Waals surface area contributed by atoms with Gasteiger partial charge in [-0.1, -0.05) is 0 Å². The van der Waals surface area contributed by atoms with E-state index in [9.17, 15) is 0 Å². The van der Waals surface area contributed by atoms with Crippen LogP contribution in [-0.4, -0.2) is 51.5 Å². The van der Waals surface area contributed by atoms with Crippen molar-refractivity contribution >= 4 is 29.9 Å². The fourth-order valence-corrected chi connectivity index (χ4v) is 1.91. The third-order valence-corrected chi connectivity index (χ3v) is 3.06. The van der Waals surface area contributed by atoms with Crippen molar-refractivity contribution in [1.82, 2.24) is 10.6 Å². The SMILES string of the molecule is CN=C(NCC1(OC)CCOCC1)NC(C)C.I. The summed E-state index contributed by atoms with van der Waals surface area (Å²) in [4.78, 5) is 4.19. The molecule has 0 aliphatic carbocycles. The molecule has 0 atom stereocenters. The van der Waals surface area contributed by atoms with E-state index in [-0.39, 0.29) is 29.6 Å². The molecule has 1 aliphatic rings. The van der Waals surface area contributed by atoms with Crippen LogP contribution in [0, 0.1) is 0 Å². The zero-order chi connectivity index (χ0) is 12.7. The number of nitrogens with zero attached hydrogens (tertiary/aromatic N) is 1. The summed E-state index contributed by atoms with van der Waals surface area (Å²) in [7, 11) is 3.55. The molecule has 0 unspecified atom stereocenters. The van der Waals surface area contributed by atoms with Crippen molar-refractivity contribution in [2.45, 2.75) is 38.3 Å². The Kier molecular flexibility index (Phi) is 8.89. The fraction of sp³-hybridized carbons (Fsp3) is 0.917. The Morgan fingerprint density at radius 2 is 2.00 bits per heavy atom. The Labute approximate surface area is 127 Å². The van der Waals surface area contributed by atoms with Gasteiger partial charge in [0.2, 0.25) is 0 Å². The van der Waals surface area contributed by atoms with Crippen LogP contribution < -0.4 is 10.6 Å². The van der Waals surface area contributed by atoms with Crippen molar-refractivity contribution in [3.05, 3.63) is 0 Å². The van der Waals surface area contributed by atoms with Crippen molar-refractivity contribution < 1.29 is 9.47 Å². The van der Waals surface area contributed by atoms with Crippen LogP contribution in [0.15, 0.2) is 4.99 Å². The van der Waals surface area contributed by atoms with E-state index in [1.807, 2.05) is 0 Å². The number of hydrogen-bond acceptors (Lipinski definition) is 3. The number of nitrogens with one attached hydrogen (secondary N) is 2. The zero-order valence-electron chi connectivity index (χ0n) is 11.8. The van der Waals surface area contributed by atoms with Gasteiger partial charge in [0.05, 0.1) is 5.60 Å². The third-order valence-electron chi connectivity index (χ3n) is 3.06. The van der Waals surface area contributed by atoms with Crippen LogP contribution in [0.1, 0.15) is 26.7 Å². The van der Waals surface area contributed by atoms with Crippen molar-refractivity contribution in [2.24, 2.45) is 4.99 Å². The quantitative estimate of drug-likeness (QED) is 0.445. The summed E-state index contributed by atoms with van der Waals surface area (Å²) < 4.78 is 11.0. The van der Waals surface area contributed by atoms with Crippen molar-refractivity contribution in [3.63, 3.8) is 0 Å². The van der Waals surface area contributed by atoms with Crippen LogP contribution in [0.5, 0.6) is 0 Å². The second-order valence-electron chi connectivity index (χ2n) is 4.72. The topological polar surface area (TPSA) is 54.9 Å². The zero-order valence-corrected chi connectivity index (χ0v) is 14.1. The highest BCUT2D eigenvalue weighted by atomic mass is 127. The van der Waals surface area contributed by atoms with Crippen molar-refractivity contribution in [3.8, 4) is 0 Å². The lowest BCUT2D eigenvalue weighted by Crippen LogP contribution is -2.51. The summed E-state index contributed by atoms with van der Waals surface area (Å²) in [6, 6.07) is 0.370. The maximum absolute atomic E-state index is 5.65. The van der Waals surface area contributed by atoms with E-state index in [4.69, 9.17) is 9.47 Å². The highest BCUT2D eigenvalue weighted by Gasteiger charge is 2.32. The van der Waals surface area contributed by atoms with Gasteiger partial charge in [0, 0.05) is 52.8 Å². The molecule has 6 heteroatoms. The average molecular weight is 371 g/mol. The summed E-state index contributed by atoms with van der Waals surface area (Å²) in [5, 5.41) is 6.58. The molecular weight excluding hydrogens is 345 g/mol. The highest BCUT2D eigenvalue weighted by Crippen LogP contribution is 2.23. The Bertz CT molecular complexity index is 254. The molecule has 1 rings (SSSR count). The molecule has 0 saturated carbocycles. The van der Waals surface area contributed by atoms with E-state index >= 15 is 0 Å². The molecule has 18 heavy (non-hydrogen) atoms. The maximum atomic E-state index is 5.65. The number of hydrogen-bond donors (Lipinski definition) is 2. The second-order valence-corrected chi connectivity index (χ2v) is 4.72. The lowest BCUT2D eigenvalue weighted by Gasteiger charge is -2.36. The minimum Gasteiger partial charge on any atom is -0.381 e. The van der Waals surface area contributed by atoms with Gasteiger partial charge < -0.3 is 20.1 Å². The minimum absolute atomic E-state index is 0. The van der Waals surface area contributed by atoms with Crippen LogP contribution in [0.25, 0.3) is 0 Å². The number of rotatable bonds is 4.